The highest BCUT2D eigenvalue weighted by molar-refractivity contribution is 7.10. The van der Waals surface area contributed by atoms with Crippen LogP contribution in [0.4, 0.5) is 10.5 Å². The molecular formula is C21H21N3O6S. The number of carbonyl (C=O) groups excluding carboxylic acids is 1. The van der Waals surface area contributed by atoms with E-state index in [0.29, 0.717) is 10.6 Å². The molecule has 0 radical (unpaired) electrons. The highest BCUT2D eigenvalue weighted by Gasteiger charge is 2.22. The second-order valence-corrected chi connectivity index (χ2v) is 7.65. The Bertz CT molecular complexity index is 1170. The minimum absolute atomic E-state index is 0.292. The molecule has 1 unspecified atom stereocenters. The summed E-state index contributed by atoms with van der Waals surface area (Å²) in [5.74, 6) is -0.793. The molecule has 0 spiro atoms. The van der Waals surface area contributed by atoms with Gasteiger partial charge in [0, 0.05) is 18.1 Å². The van der Waals surface area contributed by atoms with Gasteiger partial charge in [-0.2, -0.15) is 0 Å². The lowest BCUT2D eigenvalue weighted by Crippen LogP contribution is -2.35. The number of nitrogens with one attached hydrogen (secondary N) is 2. The van der Waals surface area contributed by atoms with E-state index < -0.39 is 23.6 Å². The zero-order valence-electron chi connectivity index (χ0n) is 16.8. The van der Waals surface area contributed by atoms with Crippen LogP contribution in [0.5, 0.6) is 11.5 Å². The summed E-state index contributed by atoms with van der Waals surface area (Å²) in [6.45, 7) is 0. The van der Waals surface area contributed by atoms with Gasteiger partial charge in [-0.15, -0.1) is 11.3 Å². The number of nitrogens with zero attached hydrogens (tertiary/aromatic N) is 1. The Hall–Kier alpha value is -3.79. The zero-order valence-corrected chi connectivity index (χ0v) is 17.6. The van der Waals surface area contributed by atoms with E-state index >= 15 is 0 Å². The van der Waals surface area contributed by atoms with Crippen molar-refractivity contribution in [3.05, 3.63) is 63.2 Å². The molecule has 3 aromatic rings. The second-order valence-electron chi connectivity index (χ2n) is 6.71. The fourth-order valence-corrected chi connectivity index (χ4v) is 3.90. The van der Waals surface area contributed by atoms with Crippen molar-refractivity contribution in [2.75, 3.05) is 12.4 Å². The first kappa shape index (κ1) is 21.9. The Morgan fingerprint density at radius 1 is 1.23 bits per heavy atom. The third kappa shape index (κ3) is 5.23. The average molecular weight is 443 g/mol. The average Bonchev–Trinajstić information content (AvgIpc) is 3.23. The van der Waals surface area contributed by atoms with Gasteiger partial charge in [-0.05, 0) is 40.8 Å². The third-order valence-electron chi connectivity index (χ3n) is 4.54. The molecule has 1 atom stereocenters. The lowest BCUT2D eigenvalue weighted by molar-refractivity contribution is -0.137. The molecule has 2 amide bonds. The molecule has 3 rings (SSSR count). The van der Waals surface area contributed by atoms with Crippen molar-refractivity contribution in [2.45, 2.75) is 12.5 Å². The molecule has 162 valence electrons. The van der Waals surface area contributed by atoms with Crippen molar-refractivity contribution < 1.29 is 24.5 Å². The molecule has 0 aliphatic carbocycles. The van der Waals surface area contributed by atoms with E-state index in [2.05, 4.69) is 10.6 Å². The molecule has 2 aromatic heterocycles. The van der Waals surface area contributed by atoms with Gasteiger partial charge in [-0.1, -0.05) is 12.1 Å². The fourth-order valence-electron chi connectivity index (χ4n) is 2.93. The molecular weight excluding hydrogens is 422 g/mol. The fraction of sp³-hybridized carbons (Fsp3) is 0.190. The first-order valence-corrected chi connectivity index (χ1v) is 10.1. The molecule has 0 aliphatic heterocycles. The largest absolute Gasteiger partial charge is 0.505 e. The van der Waals surface area contributed by atoms with E-state index in [1.807, 2.05) is 29.6 Å². The van der Waals surface area contributed by atoms with Gasteiger partial charge in [0.2, 0.25) is 0 Å². The number of benzene rings is 1. The van der Waals surface area contributed by atoms with Crippen LogP contribution in [0.2, 0.25) is 0 Å². The quantitative estimate of drug-likeness (QED) is 0.444. The van der Waals surface area contributed by atoms with Gasteiger partial charge in [0.1, 0.15) is 11.5 Å². The predicted octanol–water partition coefficient (Wildman–Crippen LogP) is 3.17. The van der Waals surface area contributed by atoms with Crippen molar-refractivity contribution in [1.29, 1.82) is 0 Å². The van der Waals surface area contributed by atoms with E-state index in [-0.39, 0.29) is 17.9 Å². The molecule has 0 fully saturated rings. The number of pyridine rings is 1. The molecule has 0 saturated heterocycles. The van der Waals surface area contributed by atoms with E-state index in [1.165, 1.54) is 35.2 Å². The summed E-state index contributed by atoms with van der Waals surface area (Å²) in [6.07, 6.45) is 1.00. The molecule has 10 heteroatoms. The maximum absolute atomic E-state index is 12.5. The van der Waals surface area contributed by atoms with Gasteiger partial charge in [0.25, 0.3) is 5.56 Å². The van der Waals surface area contributed by atoms with E-state index in [0.717, 1.165) is 11.1 Å². The maximum atomic E-state index is 12.5. The van der Waals surface area contributed by atoms with Crippen molar-refractivity contribution in [1.82, 2.24) is 9.88 Å². The molecule has 31 heavy (non-hydrogen) atoms. The van der Waals surface area contributed by atoms with Crippen LogP contribution in [0, 0.1) is 0 Å². The highest BCUT2D eigenvalue weighted by Crippen LogP contribution is 2.32. The van der Waals surface area contributed by atoms with Crippen molar-refractivity contribution in [3.63, 3.8) is 0 Å². The Kier molecular flexibility index (Phi) is 6.61. The summed E-state index contributed by atoms with van der Waals surface area (Å²) in [5.41, 5.74) is 0.852. The van der Waals surface area contributed by atoms with Crippen LogP contribution in [-0.4, -0.2) is 33.9 Å². The van der Waals surface area contributed by atoms with E-state index in [9.17, 15) is 24.6 Å². The van der Waals surface area contributed by atoms with Gasteiger partial charge >= 0.3 is 12.0 Å². The number of aliphatic carboxylic acids is 1. The predicted molar refractivity (Wildman–Crippen MR) is 117 cm³/mol. The standard InChI is InChI=1S/C21H21N3O6S/c1-24-7-6-16(25)19(20(24)28)23-21(29)22-15(10-18(26)27)17-9-13(11-31-17)12-4-3-5-14(8-12)30-2/h3-9,11,15,25H,10H2,1-2H3,(H,26,27)(H2,22,23,29). The molecule has 9 nitrogen and oxygen atoms in total. The van der Waals surface area contributed by atoms with E-state index in [1.54, 1.807) is 13.2 Å². The molecule has 4 N–H and O–H groups in total. The summed E-state index contributed by atoms with van der Waals surface area (Å²) >= 11 is 1.30. The Morgan fingerprint density at radius 2 is 2.00 bits per heavy atom. The number of carbonyl (C=O) groups is 2. The first-order chi connectivity index (χ1) is 14.8. The first-order valence-electron chi connectivity index (χ1n) is 9.19. The lowest BCUT2D eigenvalue weighted by Gasteiger charge is -2.16. The van der Waals surface area contributed by atoms with Gasteiger partial charge in [-0.25, -0.2) is 4.79 Å². The van der Waals surface area contributed by atoms with Crippen molar-refractivity contribution >= 4 is 29.0 Å². The summed E-state index contributed by atoms with van der Waals surface area (Å²) in [6, 6.07) is 8.84. The van der Waals surface area contributed by atoms with Crippen LogP contribution < -0.4 is 20.9 Å². The SMILES string of the molecule is COc1cccc(-c2csc(C(CC(=O)O)NC(=O)Nc3c(O)ccn(C)c3=O)c2)c1. The third-order valence-corrected chi connectivity index (χ3v) is 5.58. The number of aryl methyl sites for hydroxylation is 1. The summed E-state index contributed by atoms with van der Waals surface area (Å²) in [5, 5.41) is 25.9. The van der Waals surface area contributed by atoms with Crippen LogP contribution >= 0.6 is 11.3 Å². The highest BCUT2D eigenvalue weighted by atomic mass is 32.1. The van der Waals surface area contributed by atoms with Gasteiger partial charge in [0.05, 0.1) is 19.6 Å². The molecule has 0 saturated carbocycles. The number of amides is 2. The number of carboxylic acid groups (broad SMARTS) is 1. The topological polar surface area (TPSA) is 130 Å². The number of ether oxygens (including phenoxy) is 1. The number of carboxylic acids is 1. The number of aromatic nitrogens is 1. The zero-order chi connectivity index (χ0) is 22.5. The van der Waals surface area contributed by atoms with Crippen LogP contribution in [0.25, 0.3) is 11.1 Å². The number of rotatable bonds is 7. The number of anilines is 1. The van der Waals surface area contributed by atoms with Gasteiger partial charge in [0.15, 0.2) is 5.69 Å². The lowest BCUT2D eigenvalue weighted by atomic mass is 10.1. The van der Waals surface area contributed by atoms with E-state index in [4.69, 9.17) is 4.74 Å². The van der Waals surface area contributed by atoms with Gasteiger partial charge in [-0.3, -0.25) is 9.59 Å². The number of urea groups is 1. The monoisotopic (exact) mass is 443 g/mol. The Balaban J connectivity index is 1.82. The van der Waals surface area contributed by atoms with Crippen LogP contribution in [-0.2, 0) is 11.8 Å². The summed E-state index contributed by atoms with van der Waals surface area (Å²) in [7, 11) is 3.05. The van der Waals surface area contributed by atoms with Crippen molar-refractivity contribution in [3.8, 4) is 22.6 Å². The number of hydrogen-bond acceptors (Lipinski definition) is 6. The van der Waals surface area contributed by atoms with Gasteiger partial charge < -0.3 is 30.2 Å². The minimum Gasteiger partial charge on any atom is -0.505 e. The normalized spacial score (nSPS) is 11.5. The maximum Gasteiger partial charge on any atom is 0.320 e. The number of aromatic hydroxyl groups is 1. The Labute approximate surface area is 181 Å². The molecule has 1 aromatic carbocycles. The summed E-state index contributed by atoms with van der Waals surface area (Å²) < 4.78 is 6.43. The number of thiophene rings is 1. The van der Waals surface area contributed by atoms with Crippen LogP contribution in [0.1, 0.15) is 17.3 Å². The second kappa shape index (κ2) is 9.35. The van der Waals surface area contributed by atoms with Crippen LogP contribution in [0.15, 0.2) is 52.8 Å². The number of methoxy groups -OCH3 is 1. The molecule has 0 bridgehead atoms. The smallest absolute Gasteiger partial charge is 0.320 e. The molecule has 0 aliphatic rings. The minimum atomic E-state index is -1.10. The van der Waals surface area contributed by atoms with Crippen molar-refractivity contribution in [2.24, 2.45) is 7.05 Å². The summed E-state index contributed by atoms with van der Waals surface area (Å²) in [4.78, 5) is 36.6. The number of hydrogen-bond donors (Lipinski definition) is 4. The Morgan fingerprint density at radius 3 is 2.71 bits per heavy atom. The molecule has 2 heterocycles. The van der Waals surface area contributed by atoms with Crippen LogP contribution in [0.3, 0.4) is 0 Å².